The van der Waals surface area contributed by atoms with Gasteiger partial charge in [0.1, 0.15) is 11.6 Å². The molecule has 1 unspecified atom stereocenters. The van der Waals surface area contributed by atoms with Crippen LogP contribution in [0, 0.1) is 26.6 Å². The van der Waals surface area contributed by atoms with Crippen molar-refractivity contribution in [2.45, 2.75) is 33.7 Å². The molecule has 2 aromatic rings. The monoisotopic (exact) mass is 261 g/mol. The maximum atomic E-state index is 13.4. The summed E-state index contributed by atoms with van der Waals surface area (Å²) >= 11 is 0. The third kappa shape index (κ3) is 2.71. The van der Waals surface area contributed by atoms with Gasteiger partial charge in [0.2, 0.25) is 0 Å². The van der Waals surface area contributed by atoms with Crippen LogP contribution in [-0.4, -0.2) is 6.54 Å². The lowest BCUT2D eigenvalue weighted by Gasteiger charge is -2.22. The Morgan fingerprint density at radius 2 is 1.84 bits per heavy atom. The zero-order valence-corrected chi connectivity index (χ0v) is 11.9. The van der Waals surface area contributed by atoms with Crippen molar-refractivity contribution in [3.05, 3.63) is 58.3 Å². The van der Waals surface area contributed by atoms with E-state index in [9.17, 15) is 4.39 Å². The first-order chi connectivity index (χ1) is 9.04. The van der Waals surface area contributed by atoms with Crippen molar-refractivity contribution in [2.75, 3.05) is 6.54 Å². The van der Waals surface area contributed by atoms with Gasteiger partial charge in [0.05, 0.1) is 12.3 Å². The number of halogens is 1. The lowest BCUT2D eigenvalue weighted by Crippen LogP contribution is -2.24. The predicted octanol–water partition coefficient (Wildman–Crippen LogP) is 4.04. The van der Waals surface area contributed by atoms with Crippen molar-refractivity contribution in [1.29, 1.82) is 0 Å². The zero-order valence-electron chi connectivity index (χ0n) is 11.9. The van der Waals surface area contributed by atoms with Crippen LogP contribution < -0.4 is 5.32 Å². The number of benzene rings is 1. The molecule has 0 aliphatic rings. The van der Waals surface area contributed by atoms with Gasteiger partial charge in [-0.05, 0) is 62.2 Å². The maximum Gasteiger partial charge on any atom is 0.123 e. The van der Waals surface area contributed by atoms with E-state index in [1.807, 2.05) is 26.8 Å². The second-order valence-corrected chi connectivity index (χ2v) is 4.88. The Labute approximate surface area is 113 Å². The molecule has 0 saturated heterocycles. The molecule has 0 saturated carbocycles. The fourth-order valence-corrected chi connectivity index (χ4v) is 2.64. The van der Waals surface area contributed by atoms with Gasteiger partial charge in [0.25, 0.3) is 0 Å². The van der Waals surface area contributed by atoms with E-state index >= 15 is 0 Å². The first-order valence-corrected chi connectivity index (χ1v) is 6.58. The van der Waals surface area contributed by atoms with Gasteiger partial charge >= 0.3 is 0 Å². The molecule has 2 rings (SSSR count). The normalized spacial score (nSPS) is 12.7. The van der Waals surface area contributed by atoms with Crippen molar-refractivity contribution in [2.24, 2.45) is 0 Å². The van der Waals surface area contributed by atoms with E-state index in [2.05, 4.69) is 12.2 Å². The van der Waals surface area contributed by atoms with E-state index < -0.39 is 0 Å². The van der Waals surface area contributed by atoms with E-state index in [1.165, 1.54) is 0 Å². The molecular formula is C16H20FNO. The van der Waals surface area contributed by atoms with E-state index in [0.29, 0.717) is 0 Å². The van der Waals surface area contributed by atoms with Gasteiger partial charge in [0, 0.05) is 5.56 Å². The van der Waals surface area contributed by atoms with Gasteiger partial charge in [0.15, 0.2) is 0 Å². The highest BCUT2D eigenvalue weighted by Crippen LogP contribution is 2.30. The predicted molar refractivity (Wildman–Crippen MR) is 74.8 cm³/mol. The Bertz CT molecular complexity index is 551. The number of furan rings is 1. The third-order valence-electron chi connectivity index (χ3n) is 3.47. The Kier molecular flexibility index (Phi) is 4.05. The summed E-state index contributed by atoms with van der Waals surface area (Å²) < 4.78 is 18.8. The van der Waals surface area contributed by atoms with Crippen LogP contribution in [0.5, 0.6) is 0 Å². The highest BCUT2D eigenvalue weighted by atomic mass is 19.1. The van der Waals surface area contributed by atoms with Crippen LogP contribution in [0.1, 0.15) is 41.0 Å². The van der Waals surface area contributed by atoms with Crippen LogP contribution in [0.3, 0.4) is 0 Å². The Morgan fingerprint density at radius 1 is 1.21 bits per heavy atom. The van der Waals surface area contributed by atoms with E-state index in [4.69, 9.17) is 4.42 Å². The molecule has 1 aromatic carbocycles. The fourth-order valence-electron chi connectivity index (χ4n) is 2.64. The number of hydrogen-bond acceptors (Lipinski definition) is 2. The first-order valence-electron chi connectivity index (χ1n) is 6.58. The van der Waals surface area contributed by atoms with E-state index in [0.717, 1.165) is 34.6 Å². The molecule has 1 atom stereocenters. The summed E-state index contributed by atoms with van der Waals surface area (Å²) in [5.74, 6) is 0.715. The minimum atomic E-state index is -0.182. The van der Waals surface area contributed by atoms with Crippen LogP contribution in [0.15, 0.2) is 28.9 Å². The molecule has 102 valence electrons. The molecule has 0 fully saturated rings. The summed E-state index contributed by atoms with van der Waals surface area (Å²) in [5.41, 5.74) is 4.17. The Balaban J connectivity index is 2.54. The molecular weight excluding hydrogens is 241 g/mol. The van der Waals surface area contributed by atoms with Crippen molar-refractivity contribution in [1.82, 2.24) is 5.32 Å². The maximum absolute atomic E-state index is 13.4. The van der Waals surface area contributed by atoms with Crippen molar-refractivity contribution < 1.29 is 8.81 Å². The summed E-state index contributed by atoms with van der Waals surface area (Å²) in [6, 6.07) is 5.19. The van der Waals surface area contributed by atoms with Crippen LogP contribution in [0.25, 0.3) is 0 Å². The van der Waals surface area contributed by atoms with Crippen LogP contribution >= 0.6 is 0 Å². The number of aryl methyl sites for hydroxylation is 3. The smallest absolute Gasteiger partial charge is 0.123 e. The third-order valence-corrected chi connectivity index (χ3v) is 3.47. The average molecular weight is 261 g/mol. The van der Waals surface area contributed by atoms with Crippen molar-refractivity contribution >= 4 is 0 Å². The lowest BCUT2D eigenvalue weighted by molar-refractivity contribution is 0.519. The molecule has 0 radical (unpaired) electrons. The van der Waals surface area contributed by atoms with Gasteiger partial charge in [-0.1, -0.05) is 6.92 Å². The molecule has 1 N–H and O–H groups in total. The molecule has 0 aliphatic heterocycles. The largest absolute Gasteiger partial charge is 0.469 e. The van der Waals surface area contributed by atoms with Crippen LogP contribution in [0.4, 0.5) is 4.39 Å². The molecule has 0 spiro atoms. The van der Waals surface area contributed by atoms with Gasteiger partial charge < -0.3 is 9.73 Å². The van der Waals surface area contributed by atoms with Gasteiger partial charge in [-0.15, -0.1) is 0 Å². The minimum absolute atomic E-state index is 0.0457. The topological polar surface area (TPSA) is 25.2 Å². The molecule has 0 bridgehead atoms. The number of nitrogens with one attached hydrogen (secondary N) is 1. The fraction of sp³-hybridized carbons (Fsp3) is 0.375. The van der Waals surface area contributed by atoms with Crippen LogP contribution in [0.2, 0.25) is 0 Å². The average Bonchev–Trinajstić information content (AvgIpc) is 2.73. The van der Waals surface area contributed by atoms with E-state index in [-0.39, 0.29) is 11.9 Å². The molecule has 3 heteroatoms. The van der Waals surface area contributed by atoms with E-state index in [1.54, 1.807) is 18.4 Å². The van der Waals surface area contributed by atoms with Crippen LogP contribution in [-0.2, 0) is 0 Å². The van der Waals surface area contributed by atoms with Crippen molar-refractivity contribution in [3.63, 3.8) is 0 Å². The quantitative estimate of drug-likeness (QED) is 0.898. The summed E-state index contributed by atoms with van der Waals surface area (Å²) in [6.45, 7) is 8.76. The van der Waals surface area contributed by atoms with Gasteiger partial charge in [-0.2, -0.15) is 0 Å². The molecule has 19 heavy (non-hydrogen) atoms. The SMILES string of the molecule is CCNC(c1ccoc1C)c1c(C)cc(F)cc1C. The summed E-state index contributed by atoms with van der Waals surface area (Å²) in [4.78, 5) is 0. The highest BCUT2D eigenvalue weighted by Gasteiger charge is 2.21. The number of hydrogen-bond donors (Lipinski definition) is 1. The lowest BCUT2D eigenvalue weighted by atomic mass is 9.91. The zero-order chi connectivity index (χ0) is 14.0. The molecule has 2 nitrogen and oxygen atoms in total. The molecule has 0 aliphatic carbocycles. The molecule has 1 aromatic heterocycles. The standard InChI is InChI=1S/C16H20FNO/c1-5-18-16(14-6-7-19-12(14)4)15-10(2)8-13(17)9-11(15)3/h6-9,16,18H,5H2,1-4H3. The second kappa shape index (κ2) is 5.57. The molecule has 0 amide bonds. The minimum Gasteiger partial charge on any atom is -0.469 e. The van der Waals surface area contributed by atoms with Gasteiger partial charge in [-0.25, -0.2) is 4.39 Å². The number of rotatable bonds is 4. The second-order valence-electron chi connectivity index (χ2n) is 4.88. The van der Waals surface area contributed by atoms with Gasteiger partial charge in [-0.3, -0.25) is 0 Å². The molecule has 1 heterocycles. The van der Waals surface area contributed by atoms with Crippen molar-refractivity contribution in [3.8, 4) is 0 Å². The Morgan fingerprint density at radius 3 is 2.32 bits per heavy atom. The summed E-state index contributed by atoms with van der Waals surface area (Å²) in [6.07, 6.45) is 1.70. The summed E-state index contributed by atoms with van der Waals surface area (Å²) in [7, 11) is 0. The Hall–Kier alpha value is -1.61. The highest BCUT2D eigenvalue weighted by molar-refractivity contribution is 5.42. The first kappa shape index (κ1) is 13.8. The summed E-state index contributed by atoms with van der Waals surface area (Å²) in [5, 5.41) is 3.46.